The van der Waals surface area contributed by atoms with Crippen LogP contribution in [-0.2, 0) is 22.8 Å². The topological polar surface area (TPSA) is 67.6 Å². The number of benzene rings is 1. The second-order valence-corrected chi connectivity index (χ2v) is 8.96. The molecule has 3 rings (SSSR count). The van der Waals surface area contributed by atoms with Crippen molar-refractivity contribution in [2.24, 2.45) is 0 Å². The molecule has 0 saturated carbocycles. The van der Waals surface area contributed by atoms with Gasteiger partial charge in [0.2, 0.25) is 14.9 Å². The fourth-order valence-electron chi connectivity index (χ4n) is 2.90. The van der Waals surface area contributed by atoms with Gasteiger partial charge in [0.25, 0.3) is 5.91 Å². The molecule has 0 bridgehead atoms. The SMILES string of the molecule is Cc1cc2c(cc1Br)CN(C(=O)c1cc(S(C)(=O)=O)oc1C)CC2. The third-order valence-corrected chi connectivity index (χ3v) is 6.06. The number of halogens is 1. The number of aryl methyl sites for hydroxylation is 2. The molecule has 0 atom stereocenters. The van der Waals surface area contributed by atoms with Gasteiger partial charge in [-0.25, -0.2) is 8.42 Å². The maximum atomic E-state index is 12.8. The largest absolute Gasteiger partial charge is 0.449 e. The minimum Gasteiger partial charge on any atom is -0.449 e. The zero-order valence-corrected chi connectivity index (χ0v) is 16.1. The number of hydrogen-bond donors (Lipinski definition) is 0. The summed E-state index contributed by atoms with van der Waals surface area (Å²) in [6, 6.07) is 5.52. The number of carbonyl (C=O) groups is 1. The Bertz CT molecular complexity index is 930. The first-order valence-corrected chi connectivity index (χ1v) is 10.2. The van der Waals surface area contributed by atoms with Crippen molar-refractivity contribution in [2.45, 2.75) is 31.9 Å². The van der Waals surface area contributed by atoms with Crippen LogP contribution in [-0.4, -0.2) is 32.0 Å². The third kappa shape index (κ3) is 3.15. The number of fused-ring (bicyclic) bond motifs is 1. The molecule has 2 heterocycles. The van der Waals surface area contributed by atoms with Crippen molar-refractivity contribution in [1.29, 1.82) is 0 Å². The maximum Gasteiger partial charge on any atom is 0.257 e. The second-order valence-electron chi connectivity index (χ2n) is 6.15. The molecule has 1 aliphatic heterocycles. The van der Waals surface area contributed by atoms with E-state index in [1.807, 2.05) is 13.0 Å². The molecule has 1 aromatic heterocycles. The van der Waals surface area contributed by atoms with Crippen molar-refractivity contribution in [3.8, 4) is 0 Å². The first-order chi connectivity index (χ1) is 11.2. The highest BCUT2D eigenvalue weighted by Gasteiger charge is 2.27. The van der Waals surface area contributed by atoms with E-state index in [1.54, 1.807) is 11.8 Å². The average molecular weight is 412 g/mol. The first-order valence-electron chi connectivity index (χ1n) is 7.54. The summed E-state index contributed by atoms with van der Waals surface area (Å²) in [5, 5.41) is -0.167. The van der Waals surface area contributed by atoms with Gasteiger partial charge in [0, 0.05) is 29.9 Å². The van der Waals surface area contributed by atoms with Gasteiger partial charge in [0.05, 0.1) is 5.56 Å². The summed E-state index contributed by atoms with van der Waals surface area (Å²) in [7, 11) is -3.47. The summed E-state index contributed by atoms with van der Waals surface area (Å²) in [6.45, 7) is 4.76. The van der Waals surface area contributed by atoms with Gasteiger partial charge in [-0.1, -0.05) is 22.0 Å². The van der Waals surface area contributed by atoms with Crippen LogP contribution in [0.2, 0.25) is 0 Å². The highest BCUT2D eigenvalue weighted by Crippen LogP contribution is 2.28. The van der Waals surface area contributed by atoms with E-state index >= 15 is 0 Å². The fourth-order valence-corrected chi connectivity index (χ4v) is 3.90. The fraction of sp³-hybridized carbons (Fsp3) is 0.353. The van der Waals surface area contributed by atoms with Crippen LogP contribution in [0.3, 0.4) is 0 Å². The van der Waals surface area contributed by atoms with Crippen molar-refractivity contribution in [1.82, 2.24) is 4.90 Å². The van der Waals surface area contributed by atoms with Gasteiger partial charge in [-0.2, -0.15) is 0 Å². The Morgan fingerprint density at radius 1 is 1.21 bits per heavy atom. The monoisotopic (exact) mass is 411 g/mol. The second kappa shape index (κ2) is 6.04. The molecule has 0 unspecified atom stereocenters. The number of furan rings is 1. The van der Waals surface area contributed by atoms with Gasteiger partial charge in [0.1, 0.15) is 5.76 Å². The standard InChI is InChI=1S/C17H18BrNO4S/c1-10-6-12-4-5-19(9-13(12)7-15(10)18)17(20)14-8-16(23-11(14)2)24(3,21)22/h6-8H,4-5,9H2,1-3H3. The van der Waals surface area contributed by atoms with Gasteiger partial charge in [-0.3, -0.25) is 4.79 Å². The van der Waals surface area contributed by atoms with Gasteiger partial charge >= 0.3 is 0 Å². The Balaban J connectivity index is 1.89. The third-order valence-electron chi connectivity index (χ3n) is 4.27. The van der Waals surface area contributed by atoms with E-state index in [2.05, 4.69) is 22.0 Å². The molecule has 0 aliphatic carbocycles. The molecular weight excluding hydrogens is 394 g/mol. The van der Waals surface area contributed by atoms with Crippen LogP contribution in [0.15, 0.2) is 32.2 Å². The van der Waals surface area contributed by atoms with E-state index in [-0.39, 0.29) is 11.0 Å². The normalized spacial score (nSPS) is 14.6. The molecule has 1 aliphatic rings. The molecule has 1 aromatic carbocycles. The lowest BCUT2D eigenvalue weighted by molar-refractivity contribution is 0.0733. The van der Waals surface area contributed by atoms with E-state index in [0.717, 1.165) is 22.7 Å². The molecule has 7 heteroatoms. The predicted molar refractivity (Wildman–Crippen MR) is 93.9 cm³/mol. The van der Waals surface area contributed by atoms with Crippen LogP contribution in [0.5, 0.6) is 0 Å². The average Bonchev–Trinajstić information content (AvgIpc) is 2.89. The minimum absolute atomic E-state index is 0.167. The summed E-state index contributed by atoms with van der Waals surface area (Å²) < 4.78 is 29.5. The number of nitrogens with zero attached hydrogens (tertiary/aromatic N) is 1. The maximum absolute atomic E-state index is 12.8. The van der Waals surface area contributed by atoms with E-state index in [1.165, 1.54) is 17.2 Å². The lowest BCUT2D eigenvalue weighted by Gasteiger charge is -2.29. The first kappa shape index (κ1) is 17.2. The highest BCUT2D eigenvalue weighted by atomic mass is 79.9. The van der Waals surface area contributed by atoms with E-state index < -0.39 is 9.84 Å². The zero-order valence-electron chi connectivity index (χ0n) is 13.7. The molecule has 0 spiro atoms. The van der Waals surface area contributed by atoms with E-state index in [4.69, 9.17) is 4.42 Å². The molecule has 5 nitrogen and oxygen atoms in total. The molecule has 1 amide bonds. The van der Waals surface area contributed by atoms with Crippen LogP contribution < -0.4 is 0 Å². The van der Waals surface area contributed by atoms with Crippen molar-refractivity contribution in [3.63, 3.8) is 0 Å². The number of carbonyl (C=O) groups excluding carboxylic acids is 1. The van der Waals surface area contributed by atoms with Crippen molar-refractivity contribution in [3.05, 3.63) is 50.7 Å². The Labute approximate surface area is 149 Å². The zero-order chi connectivity index (χ0) is 17.6. The van der Waals surface area contributed by atoms with Crippen molar-refractivity contribution in [2.75, 3.05) is 12.8 Å². The molecule has 0 saturated heterocycles. The summed E-state index contributed by atoms with van der Waals surface area (Å²) in [5.74, 6) is 0.129. The Kier molecular flexibility index (Phi) is 4.34. The molecule has 128 valence electrons. The van der Waals surface area contributed by atoms with Crippen LogP contribution in [0.4, 0.5) is 0 Å². The Morgan fingerprint density at radius 2 is 1.92 bits per heavy atom. The van der Waals surface area contributed by atoms with Crippen LogP contribution in [0.25, 0.3) is 0 Å². The van der Waals surface area contributed by atoms with E-state index in [0.29, 0.717) is 24.4 Å². The van der Waals surface area contributed by atoms with Crippen molar-refractivity contribution >= 4 is 31.7 Å². The molecule has 2 aromatic rings. The lowest BCUT2D eigenvalue weighted by Crippen LogP contribution is -2.36. The van der Waals surface area contributed by atoms with Gasteiger partial charge in [-0.15, -0.1) is 0 Å². The lowest BCUT2D eigenvalue weighted by atomic mass is 9.97. The summed E-state index contributed by atoms with van der Waals surface area (Å²) in [5.41, 5.74) is 3.85. The highest BCUT2D eigenvalue weighted by molar-refractivity contribution is 9.10. The van der Waals surface area contributed by atoms with Gasteiger partial charge in [-0.05, 0) is 43.0 Å². The molecule has 24 heavy (non-hydrogen) atoms. The Morgan fingerprint density at radius 3 is 2.54 bits per heavy atom. The molecule has 0 fully saturated rings. The summed E-state index contributed by atoms with van der Waals surface area (Å²) >= 11 is 3.53. The van der Waals surface area contributed by atoms with Crippen LogP contribution in [0, 0.1) is 13.8 Å². The van der Waals surface area contributed by atoms with Crippen molar-refractivity contribution < 1.29 is 17.6 Å². The number of hydrogen-bond acceptors (Lipinski definition) is 4. The number of rotatable bonds is 2. The van der Waals surface area contributed by atoms with Gasteiger partial charge in [0.15, 0.2) is 0 Å². The predicted octanol–water partition coefficient (Wildman–Crippen LogP) is 3.26. The minimum atomic E-state index is -3.47. The van der Waals surface area contributed by atoms with Crippen LogP contribution in [0.1, 0.15) is 32.8 Å². The Hall–Kier alpha value is -1.60. The summed E-state index contributed by atoms with van der Waals surface area (Å²) in [6.07, 6.45) is 1.85. The molecule has 0 radical (unpaired) electrons. The summed E-state index contributed by atoms with van der Waals surface area (Å²) in [4.78, 5) is 14.5. The van der Waals surface area contributed by atoms with E-state index in [9.17, 15) is 13.2 Å². The quantitative estimate of drug-likeness (QED) is 0.760. The number of sulfone groups is 1. The smallest absolute Gasteiger partial charge is 0.257 e. The molecular formula is C17H18BrNO4S. The number of amides is 1. The molecule has 0 N–H and O–H groups in total. The van der Waals surface area contributed by atoms with Crippen LogP contribution >= 0.6 is 15.9 Å². The van der Waals surface area contributed by atoms with Gasteiger partial charge < -0.3 is 9.32 Å².